The van der Waals surface area contributed by atoms with Gasteiger partial charge in [-0.25, -0.2) is 4.79 Å². The molecule has 15 heavy (non-hydrogen) atoms. The second-order valence-corrected chi connectivity index (χ2v) is 3.75. The average molecular weight is 218 g/mol. The van der Waals surface area contributed by atoms with Crippen molar-refractivity contribution in [1.29, 1.82) is 0 Å². The summed E-state index contributed by atoms with van der Waals surface area (Å²) in [5.74, 6) is -1.56. The van der Waals surface area contributed by atoms with Crippen molar-refractivity contribution in [3.05, 3.63) is 0 Å². The van der Waals surface area contributed by atoms with Crippen LogP contribution in [0.3, 0.4) is 0 Å². The standard InChI is InChI=1S/C9H18N2O4/c1-9(2,10-3)8(15)11-6(4-5-12)7(13)14/h6,10,12H,4-5H2,1-3H3,(H,11,15)(H,13,14)/t6-/m1/s1. The van der Waals surface area contributed by atoms with Crippen molar-refractivity contribution in [2.45, 2.75) is 31.8 Å². The van der Waals surface area contributed by atoms with E-state index in [0.717, 1.165) is 0 Å². The zero-order chi connectivity index (χ0) is 12.1. The molecule has 1 amide bonds. The minimum Gasteiger partial charge on any atom is -0.480 e. The number of amides is 1. The van der Waals surface area contributed by atoms with Crippen LogP contribution in [-0.4, -0.2) is 47.3 Å². The van der Waals surface area contributed by atoms with Crippen LogP contribution in [-0.2, 0) is 9.59 Å². The summed E-state index contributed by atoms with van der Waals surface area (Å²) in [5, 5.41) is 22.5. The summed E-state index contributed by atoms with van der Waals surface area (Å²) < 4.78 is 0. The van der Waals surface area contributed by atoms with Gasteiger partial charge in [0.05, 0.1) is 5.54 Å². The number of nitrogens with one attached hydrogen (secondary N) is 2. The van der Waals surface area contributed by atoms with Crippen molar-refractivity contribution in [1.82, 2.24) is 10.6 Å². The highest BCUT2D eigenvalue weighted by Gasteiger charge is 2.29. The quantitative estimate of drug-likeness (QED) is 0.455. The van der Waals surface area contributed by atoms with Gasteiger partial charge in [0.25, 0.3) is 0 Å². The number of hydrogen-bond acceptors (Lipinski definition) is 4. The molecule has 0 unspecified atom stereocenters. The maximum Gasteiger partial charge on any atom is 0.326 e. The molecule has 1 atom stereocenters. The van der Waals surface area contributed by atoms with Crippen molar-refractivity contribution >= 4 is 11.9 Å². The second kappa shape index (κ2) is 5.67. The molecule has 0 aromatic heterocycles. The monoisotopic (exact) mass is 218 g/mol. The number of aliphatic hydroxyl groups excluding tert-OH is 1. The Bertz CT molecular complexity index is 240. The molecule has 0 saturated carbocycles. The van der Waals surface area contributed by atoms with Crippen molar-refractivity contribution in [3.8, 4) is 0 Å². The van der Waals surface area contributed by atoms with Crippen LogP contribution in [0.2, 0.25) is 0 Å². The topological polar surface area (TPSA) is 98.7 Å². The number of aliphatic carboxylic acids is 1. The minimum absolute atomic E-state index is 0.000861. The minimum atomic E-state index is -1.15. The van der Waals surface area contributed by atoms with Gasteiger partial charge in [-0.2, -0.15) is 0 Å². The Morgan fingerprint density at radius 2 is 1.93 bits per heavy atom. The van der Waals surface area contributed by atoms with Gasteiger partial charge in [-0.05, 0) is 20.9 Å². The lowest BCUT2D eigenvalue weighted by molar-refractivity contribution is -0.143. The highest BCUT2D eigenvalue weighted by Crippen LogP contribution is 2.02. The molecule has 0 saturated heterocycles. The normalized spacial score (nSPS) is 13.3. The molecule has 6 nitrogen and oxygen atoms in total. The number of aliphatic hydroxyl groups is 1. The summed E-state index contributed by atoms with van der Waals surface area (Å²) in [4.78, 5) is 22.3. The smallest absolute Gasteiger partial charge is 0.326 e. The SMILES string of the molecule is CNC(C)(C)C(=O)N[C@H](CCO)C(=O)O. The van der Waals surface area contributed by atoms with Gasteiger partial charge in [0.15, 0.2) is 0 Å². The molecule has 0 spiro atoms. The zero-order valence-electron chi connectivity index (χ0n) is 9.20. The molecule has 0 aliphatic rings. The van der Waals surface area contributed by atoms with Crippen LogP contribution in [0.4, 0.5) is 0 Å². The number of likely N-dealkylation sites (N-methyl/N-ethyl adjacent to an activating group) is 1. The number of carbonyl (C=O) groups is 2. The van der Waals surface area contributed by atoms with Gasteiger partial charge in [-0.3, -0.25) is 4.79 Å². The first kappa shape index (κ1) is 13.9. The summed E-state index contributed by atoms with van der Waals surface area (Å²) in [6.07, 6.45) is 0.000861. The first-order chi connectivity index (χ1) is 6.85. The van der Waals surface area contributed by atoms with E-state index in [-0.39, 0.29) is 13.0 Å². The van der Waals surface area contributed by atoms with Crippen LogP contribution in [0.1, 0.15) is 20.3 Å². The second-order valence-electron chi connectivity index (χ2n) is 3.75. The van der Waals surface area contributed by atoms with E-state index in [1.54, 1.807) is 20.9 Å². The summed E-state index contributed by atoms with van der Waals surface area (Å²) >= 11 is 0. The molecule has 88 valence electrons. The van der Waals surface area contributed by atoms with Gasteiger partial charge in [0.2, 0.25) is 5.91 Å². The van der Waals surface area contributed by atoms with Gasteiger partial charge in [-0.15, -0.1) is 0 Å². The molecule has 0 rings (SSSR count). The molecule has 0 radical (unpaired) electrons. The summed E-state index contributed by atoms with van der Waals surface area (Å²) in [7, 11) is 1.61. The van der Waals surface area contributed by atoms with Crippen molar-refractivity contribution in [2.24, 2.45) is 0 Å². The van der Waals surface area contributed by atoms with Crippen molar-refractivity contribution in [3.63, 3.8) is 0 Å². The molecule has 4 N–H and O–H groups in total. The van der Waals surface area contributed by atoms with Crippen LogP contribution in [0.25, 0.3) is 0 Å². The molecule has 0 aliphatic heterocycles. The Balaban J connectivity index is 4.41. The zero-order valence-corrected chi connectivity index (χ0v) is 9.20. The molecule has 0 heterocycles. The number of carboxylic acid groups (broad SMARTS) is 1. The molecule has 0 aromatic rings. The van der Waals surface area contributed by atoms with Crippen LogP contribution in [0.5, 0.6) is 0 Å². The molecule has 6 heteroatoms. The fraction of sp³-hybridized carbons (Fsp3) is 0.778. The van der Waals surface area contributed by atoms with Gasteiger partial charge in [0.1, 0.15) is 6.04 Å². The molecule has 0 aromatic carbocycles. The summed E-state index contributed by atoms with van der Waals surface area (Å²) in [6.45, 7) is 3.00. The largest absolute Gasteiger partial charge is 0.480 e. The lowest BCUT2D eigenvalue weighted by atomic mass is 10.0. The highest BCUT2D eigenvalue weighted by atomic mass is 16.4. The van der Waals surface area contributed by atoms with Gasteiger partial charge in [-0.1, -0.05) is 0 Å². The highest BCUT2D eigenvalue weighted by molar-refractivity contribution is 5.89. The fourth-order valence-corrected chi connectivity index (χ4v) is 0.839. The van der Waals surface area contributed by atoms with Gasteiger partial charge >= 0.3 is 5.97 Å². The average Bonchev–Trinajstić information content (AvgIpc) is 2.16. The van der Waals surface area contributed by atoms with E-state index in [4.69, 9.17) is 10.2 Å². The van der Waals surface area contributed by atoms with Crippen molar-refractivity contribution in [2.75, 3.05) is 13.7 Å². The van der Waals surface area contributed by atoms with Crippen LogP contribution < -0.4 is 10.6 Å². The fourth-order valence-electron chi connectivity index (χ4n) is 0.839. The lowest BCUT2D eigenvalue weighted by Gasteiger charge is -2.25. The van der Waals surface area contributed by atoms with E-state index >= 15 is 0 Å². The number of carboxylic acids is 1. The Hall–Kier alpha value is -1.14. The predicted octanol–water partition coefficient (Wildman–Crippen LogP) is -1.06. The summed E-state index contributed by atoms with van der Waals surface area (Å²) in [5.41, 5.74) is -0.830. The van der Waals surface area contributed by atoms with E-state index < -0.39 is 23.5 Å². The van der Waals surface area contributed by atoms with Gasteiger partial charge in [0, 0.05) is 13.0 Å². The van der Waals surface area contributed by atoms with Gasteiger partial charge < -0.3 is 20.8 Å². The Morgan fingerprint density at radius 1 is 1.40 bits per heavy atom. The maximum atomic E-state index is 11.6. The third-order valence-electron chi connectivity index (χ3n) is 2.21. The van der Waals surface area contributed by atoms with Crippen LogP contribution in [0, 0.1) is 0 Å². The predicted molar refractivity (Wildman–Crippen MR) is 54.4 cm³/mol. The van der Waals surface area contributed by atoms with E-state index in [1.165, 1.54) is 0 Å². The maximum absolute atomic E-state index is 11.6. The van der Waals surface area contributed by atoms with E-state index in [0.29, 0.717) is 0 Å². The number of carbonyl (C=O) groups excluding carboxylic acids is 1. The van der Waals surface area contributed by atoms with Crippen LogP contribution in [0.15, 0.2) is 0 Å². The summed E-state index contributed by atoms with van der Waals surface area (Å²) in [6, 6.07) is -1.05. The third-order valence-corrected chi connectivity index (χ3v) is 2.21. The molecule has 0 aliphatic carbocycles. The van der Waals surface area contributed by atoms with E-state index in [2.05, 4.69) is 10.6 Å². The molecular weight excluding hydrogens is 200 g/mol. The third kappa shape index (κ3) is 4.26. The van der Waals surface area contributed by atoms with E-state index in [9.17, 15) is 9.59 Å². The first-order valence-electron chi connectivity index (χ1n) is 4.68. The first-order valence-corrected chi connectivity index (χ1v) is 4.68. The molecule has 0 bridgehead atoms. The van der Waals surface area contributed by atoms with Crippen molar-refractivity contribution < 1.29 is 19.8 Å². The number of hydrogen-bond donors (Lipinski definition) is 4. The number of rotatable bonds is 6. The lowest BCUT2D eigenvalue weighted by Crippen LogP contribution is -2.55. The van der Waals surface area contributed by atoms with Crippen LogP contribution >= 0.6 is 0 Å². The Kier molecular flexibility index (Phi) is 5.24. The van der Waals surface area contributed by atoms with E-state index in [1.807, 2.05) is 0 Å². The Labute approximate surface area is 88.7 Å². The Morgan fingerprint density at radius 3 is 2.27 bits per heavy atom. The molecular formula is C9H18N2O4. The molecule has 0 fully saturated rings.